The molecule has 0 saturated carbocycles. The van der Waals surface area contributed by atoms with Gasteiger partial charge >= 0.3 is 0 Å². The number of hydrogen-bond donors (Lipinski definition) is 1. The van der Waals surface area contributed by atoms with Crippen LogP contribution in [0.1, 0.15) is 24.8 Å². The Kier molecular flexibility index (Phi) is 2.96. The third-order valence-corrected chi connectivity index (χ3v) is 3.76. The van der Waals surface area contributed by atoms with Gasteiger partial charge in [-0.05, 0) is 43.4 Å². The normalized spacial score (nSPS) is 22.9. The first-order valence-electron chi connectivity index (χ1n) is 6.58. The second-order valence-electron chi connectivity index (χ2n) is 4.94. The van der Waals surface area contributed by atoms with Crippen molar-refractivity contribution in [2.75, 3.05) is 23.8 Å². The van der Waals surface area contributed by atoms with Gasteiger partial charge in [0.05, 0.1) is 0 Å². The lowest BCUT2D eigenvalue weighted by Crippen LogP contribution is -2.42. The summed E-state index contributed by atoms with van der Waals surface area (Å²) in [6.07, 6.45) is 3.50. The topological polar surface area (TPSA) is 55.6 Å². The van der Waals surface area contributed by atoms with E-state index in [2.05, 4.69) is 0 Å². The molecule has 0 aliphatic carbocycles. The van der Waals surface area contributed by atoms with Crippen molar-refractivity contribution >= 4 is 17.3 Å². The van der Waals surface area contributed by atoms with Crippen molar-refractivity contribution in [1.29, 1.82) is 0 Å². The maximum Gasteiger partial charge on any atom is 0.256 e. The molecule has 2 N–H and O–H groups in total. The van der Waals surface area contributed by atoms with Crippen molar-refractivity contribution in [2.45, 2.75) is 31.8 Å². The number of fused-ring (bicyclic) bond motifs is 1. The lowest BCUT2D eigenvalue weighted by atomic mass is 9.99. The number of nitrogens with zero attached hydrogens (tertiary/aromatic N) is 1. The molecule has 0 bridgehead atoms. The van der Waals surface area contributed by atoms with Gasteiger partial charge in [-0.1, -0.05) is 6.07 Å². The van der Waals surface area contributed by atoms with Gasteiger partial charge < -0.3 is 15.4 Å². The number of nitrogen functional groups attached to an aromatic ring is 1. The van der Waals surface area contributed by atoms with E-state index in [1.807, 2.05) is 23.1 Å². The minimum absolute atomic E-state index is 0.0963. The van der Waals surface area contributed by atoms with Gasteiger partial charge in [0.25, 0.3) is 5.91 Å². The van der Waals surface area contributed by atoms with Crippen LogP contribution in [0.25, 0.3) is 0 Å². The minimum atomic E-state index is -0.252. The fourth-order valence-electron chi connectivity index (χ4n) is 2.83. The number of ether oxygens (including phenoxy) is 1. The predicted molar refractivity (Wildman–Crippen MR) is 70.5 cm³/mol. The highest BCUT2D eigenvalue weighted by molar-refractivity contribution is 5.98. The zero-order valence-corrected chi connectivity index (χ0v) is 10.4. The fraction of sp³-hybridized carbons (Fsp3) is 0.500. The zero-order valence-electron chi connectivity index (χ0n) is 10.4. The number of carbonyl (C=O) groups is 1. The molecule has 1 fully saturated rings. The lowest BCUT2D eigenvalue weighted by molar-refractivity contribution is -0.127. The molecular weight excluding hydrogens is 228 g/mol. The van der Waals surface area contributed by atoms with E-state index in [0.717, 1.165) is 49.2 Å². The number of rotatable bonds is 1. The van der Waals surface area contributed by atoms with E-state index in [0.29, 0.717) is 6.61 Å². The van der Waals surface area contributed by atoms with Crippen LogP contribution in [0.3, 0.4) is 0 Å². The SMILES string of the molecule is Nc1cccc2c1CCCN2C(=O)C1CCCO1. The molecular formula is C14H18N2O2. The van der Waals surface area contributed by atoms with E-state index in [1.165, 1.54) is 0 Å². The largest absolute Gasteiger partial charge is 0.398 e. The first-order valence-corrected chi connectivity index (χ1v) is 6.58. The molecule has 2 heterocycles. The highest BCUT2D eigenvalue weighted by Gasteiger charge is 2.31. The summed E-state index contributed by atoms with van der Waals surface area (Å²) in [4.78, 5) is 14.3. The van der Waals surface area contributed by atoms with Gasteiger partial charge in [0.2, 0.25) is 0 Å². The van der Waals surface area contributed by atoms with Crippen LogP contribution >= 0.6 is 0 Å². The number of nitrogens with two attached hydrogens (primary N) is 1. The first kappa shape index (κ1) is 11.5. The van der Waals surface area contributed by atoms with Crippen LogP contribution in [0, 0.1) is 0 Å². The third kappa shape index (κ3) is 1.86. The van der Waals surface area contributed by atoms with E-state index in [4.69, 9.17) is 10.5 Å². The summed E-state index contributed by atoms with van der Waals surface area (Å²) < 4.78 is 5.49. The summed E-state index contributed by atoms with van der Waals surface area (Å²) in [5, 5.41) is 0. The quantitative estimate of drug-likeness (QED) is 0.768. The summed E-state index contributed by atoms with van der Waals surface area (Å²) in [6.45, 7) is 1.48. The zero-order chi connectivity index (χ0) is 12.5. The van der Waals surface area contributed by atoms with Crippen molar-refractivity contribution in [3.8, 4) is 0 Å². The first-order chi connectivity index (χ1) is 8.77. The summed E-state index contributed by atoms with van der Waals surface area (Å²) in [6, 6.07) is 5.80. The molecule has 0 aromatic heterocycles. The Morgan fingerprint density at radius 2 is 2.28 bits per heavy atom. The molecule has 1 aromatic carbocycles. The molecule has 1 atom stereocenters. The van der Waals surface area contributed by atoms with Crippen molar-refractivity contribution in [2.24, 2.45) is 0 Å². The summed E-state index contributed by atoms with van der Waals surface area (Å²) in [5.74, 6) is 0.0963. The predicted octanol–water partition coefficient (Wildman–Crippen LogP) is 1.73. The average Bonchev–Trinajstić information content (AvgIpc) is 2.92. The summed E-state index contributed by atoms with van der Waals surface area (Å²) in [5.41, 5.74) is 8.86. The number of anilines is 2. The molecule has 3 rings (SSSR count). The number of carbonyl (C=O) groups excluding carboxylic acids is 1. The number of hydrogen-bond acceptors (Lipinski definition) is 3. The van der Waals surface area contributed by atoms with E-state index >= 15 is 0 Å². The van der Waals surface area contributed by atoms with Gasteiger partial charge in [0, 0.05) is 24.5 Å². The Balaban J connectivity index is 1.91. The molecule has 2 aliphatic rings. The Morgan fingerprint density at radius 1 is 1.39 bits per heavy atom. The molecule has 1 unspecified atom stereocenters. The van der Waals surface area contributed by atoms with E-state index < -0.39 is 0 Å². The number of amides is 1. The number of benzene rings is 1. The second-order valence-corrected chi connectivity index (χ2v) is 4.94. The molecule has 1 saturated heterocycles. The van der Waals surface area contributed by atoms with Crippen LogP contribution in [-0.2, 0) is 16.0 Å². The Labute approximate surface area is 107 Å². The highest BCUT2D eigenvalue weighted by Crippen LogP contribution is 2.32. The van der Waals surface area contributed by atoms with Crippen molar-refractivity contribution in [1.82, 2.24) is 0 Å². The van der Waals surface area contributed by atoms with Crippen molar-refractivity contribution in [3.05, 3.63) is 23.8 Å². The smallest absolute Gasteiger partial charge is 0.256 e. The maximum atomic E-state index is 12.4. The van der Waals surface area contributed by atoms with Crippen LogP contribution in [0.4, 0.5) is 11.4 Å². The van der Waals surface area contributed by atoms with Gasteiger partial charge in [-0.2, -0.15) is 0 Å². The van der Waals surface area contributed by atoms with E-state index in [1.54, 1.807) is 0 Å². The molecule has 18 heavy (non-hydrogen) atoms. The van der Waals surface area contributed by atoms with Gasteiger partial charge in [0.1, 0.15) is 6.10 Å². The Morgan fingerprint density at radius 3 is 3.06 bits per heavy atom. The molecule has 4 heteroatoms. The van der Waals surface area contributed by atoms with Crippen molar-refractivity contribution < 1.29 is 9.53 Å². The molecule has 4 nitrogen and oxygen atoms in total. The van der Waals surface area contributed by atoms with Crippen LogP contribution in [0.15, 0.2) is 18.2 Å². The Bertz CT molecular complexity index is 467. The summed E-state index contributed by atoms with van der Waals surface area (Å²) >= 11 is 0. The summed E-state index contributed by atoms with van der Waals surface area (Å²) in [7, 11) is 0. The molecule has 1 aromatic rings. The molecule has 0 spiro atoms. The van der Waals surface area contributed by atoms with Crippen molar-refractivity contribution in [3.63, 3.8) is 0 Å². The van der Waals surface area contributed by atoms with Gasteiger partial charge in [-0.15, -0.1) is 0 Å². The van der Waals surface area contributed by atoms with Crippen LogP contribution in [0.2, 0.25) is 0 Å². The van der Waals surface area contributed by atoms with Crippen LogP contribution in [0.5, 0.6) is 0 Å². The van der Waals surface area contributed by atoms with E-state index in [-0.39, 0.29) is 12.0 Å². The van der Waals surface area contributed by atoms with Crippen LogP contribution in [-0.4, -0.2) is 25.2 Å². The van der Waals surface area contributed by atoms with Gasteiger partial charge in [0.15, 0.2) is 0 Å². The van der Waals surface area contributed by atoms with Gasteiger partial charge in [-0.25, -0.2) is 0 Å². The monoisotopic (exact) mass is 246 g/mol. The highest BCUT2D eigenvalue weighted by atomic mass is 16.5. The lowest BCUT2D eigenvalue weighted by Gasteiger charge is -2.31. The van der Waals surface area contributed by atoms with Crippen LogP contribution < -0.4 is 10.6 Å². The molecule has 96 valence electrons. The fourth-order valence-corrected chi connectivity index (χ4v) is 2.83. The molecule has 0 radical (unpaired) electrons. The third-order valence-electron chi connectivity index (χ3n) is 3.76. The average molecular weight is 246 g/mol. The Hall–Kier alpha value is -1.55. The molecule has 1 amide bonds. The molecule has 2 aliphatic heterocycles. The minimum Gasteiger partial charge on any atom is -0.398 e. The maximum absolute atomic E-state index is 12.4. The standard InChI is InChI=1S/C14H18N2O2/c15-11-5-1-6-12-10(11)4-2-8-16(12)14(17)13-7-3-9-18-13/h1,5-6,13H,2-4,7-9,15H2. The second kappa shape index (κ2) is 4.61. The van der Waals surface area contributed by atoms with Gasteiger partial charge in [-0.3, -0.25) is 4.79 Å². The van der Waals surface area contributed by atoms with E-state index in [9.17, 15) is 4.79 Å².